The summed E-state index contributed by atoms with van der Waals surface area (Å²) in [7, 11) is 0. The predicted molar refractivity (Wildman–Crippen MR) is 205 cm³/mol. The summed E-state index contributed by atoms with van der Waals surface area (Å²) in [6, 6.07) is 53.8. The zero-order valence-corrected chi connectivity index (χ0v) is 27.1. The second kappa shape index (κ2) is 10.7. The van der Waals surface area contributed by atoms with E-state index in [4.69, 9.17) is 23.8 Å². The molecule has 0 atom stereocenters. The molecule has 0 fully saturated rings. The van der Waals surface area contributed by atoms with Gasteiger partial charge in [-0.1, -0.05) is 115 Å². The molecule has 4 aromatic heterocycles. The maximum Gasteiger partial charge on any atom is 0.167 e. The highest BCUT2D eigenvalue weighted by atomic mass is 16.3. The Kier molecular flexibility index (Phi) is 5.86. The van der Waals surface area contributed by atoms with E-state index in [9.17, 15) is 0 Å². The number of hydrogen-bond acceptors (Lipinski definition) is 5. The standard InChI is InChI=1S/C45H26N4O2/c1-3-13-27(14-4-1)43-46-44(28-15-5-2-6-16-28)48-45(47-43)32-23-24-36(41-31-19-9-12-22-39(31)51-42(32)41)49-35-20-10-7-17-29(35)33-26-40-34(25-37(33)49)30-18-8-11-21-38(30)50-40/h1-26H. The first-order valence-electron chi connectivity index (χ1n) is 16.9. The van der Waals surface area contributed by atoms with Gasteiger partial charge in [0.25, 0.3) is 0 Å². The molecule has 238 valence electrons. The van der Waals surface area contributed by atoms with Crippen molar-refractivity contribution < 1.29 is 8.83 Å². The summed E-state index contributed by atoms with van der Waals surface area (Å²) in [5, 5.41) is 6.46. The van der Waals surface area contributed by atoms with Crippen molar-refractivity contribution in [2.45, 2.75) is 0 Å². The number of furan rings is 2. The molecule has 0 amide bonds. The molecule has 4 heterocycles. The van der Waals surface area contributed by atoms with Crippen LogP contribution in [-0.2, 0) is 0 Å². The van der Waals surface area contributed by atoms with Crippen molar-refractivity contribution in [1.29, 1.82) is 0 Å². The smallest absolute Gasteiger partial charge is 0.167 e. The summed E-state index contributed by atoms with van der Waals surface area (Å²) < 4.78 is 15.5. The van der Waals surface area contributed by atoms with Crippen LogP contribution in [0.3, 0.4) is 0 Å². The molecule has 6 nitrogen and oxygen atoms in total. The highest BCUT2D eigenvalue weighted by Crippen LogP contribution is 2.43. The number of benzene rings is 7. The van der Waals surface area contributed by atoms with Gasteiger partial charge >= 0.3 is 0 Å². The molecule has 0 saturated heterocycles. The molecule has 0 saturated carbocycles. The van der Waals surface area contributed by atoms with Gasteiger partial charge in [0.2, 0.25) is 0 Å². The van der Waals surface area contributed by atoms with E-state index in [1.165, 1.54) is 0 Å². The van der Waals surface area contributed by atoms with Crippen LogP contribution in [0.2, 0.25) is 0 Å². The Labute approximate surface area is 290 Å². The monoisotopic (exact) mass is 654 g/mol. The Morgan fingerprint density at radius 3 is 1.71 bits per heavy atom. The highest BCUT2D eigenvalue weighted by Gasteiger charge is 2.23. The Morgan fingerprint density at radius 1 is 0.392 bits per heavy atom. The fourth-order valence-electron chi connectivity index (χ4n) is 7.55. The van der Waals surface area contributed by atoms with Gasteiger partial charge in [-0.2, -0.15) is 0 Å². The number of aromatic nitrogens is 4. The van der Waals surface area contributed by atoms with Crippen molar-refractivity contribution in [2.75, 3.05) is 0 Å². The van der Waals surface area contributed by atoms with Gasteiger partial charge in [-0.3, -0.25) is 0 Å². The SMILES string of the molecule is c1ccc(-c2nc(-c3ccccc3)nc(-c3ccc(-n4c5ccccc5c5cc6oc7ccccc7c6cc54)c4c3oc3ccccc34)n2)cc1. The average Bonchev–Trinajstić information content (AvgIpc) is 3.87. The lowest BCUT2D eigenvalue weighted by atomic mass is 10.1. The summed E-state index contributed by atoms with van der Waals surface area (Å²) >= 11 is 0. The van der Waals surface area contributed by atoms with E-state index in [0.717, 1.165) is 88.1 Å². The first-order valence-corrected chi connectivity index (χ1v) is 16.9. The summed E-state index contributed by atoms with van der Waals surface area (Å²) in [4.78, 5) is 15.1. The predicted octanol–water partition coefficient (Wildman–Crippen LogP) is 11.8. The molecule has 11 aromatic rings. The van der Waals surface area contributed by atoms with Gasteiger partial charge in [0, 0.05) is 38.1 Å². The van der Waals surface area contributed by atoms with Crippen molar-refractivity contribution in [3.8, 4) is 39.9 Å². The minimum absolute atomic E-state index is 0.548. The molecular formula is C45H26N4O2. The lowest BCUT2D eigenvalue weighted by Gasteiger charge is -2.13. The van der Waals surface area contributed by atoms with Crippen LogP contribution in [0.5, 0.6) is 0 Å². The molecular weight excluding hydrogens is 629 g/mol. The molecule has 0 N–H and O–H groups in total. The third-order valence-corrected chi connectivity index (χ3v) is 9.86. The minimum Gasteiger partial charge on any atom is -0.456 e. The molecule has 0 aliphatic carbocycles. The number of para-hydroxylation sites is 3. The van der Waals surface area contributed by atoms with Gasteiger partial charge in [0.05, 0.1) is 27.7 Å². The van der Waals surface area contributed by atoms with E-state index >= 15 is 0 Å². The topological polar surface area (TPSA) is 69.9 Å². The molecule has 11 rings (SSSR count). The van der Waals surface area contributed by atoms with Gasteiger partial charge in [-0.05, 0) is 42.5 Å². The Morgan fingerprint density at radius 2 is 0.980 bits per heavy atom. The van der Waals surface area contributed by atoms with Crippen molar-refractivity contribution in [3.05, 3.63) is 158 Å². The minimum atomic E-state index is 0.548. The van der Waals surface area contributed by atoms with Crippen LogP contribution in [-0.4, -0.2) is 19.5 Å². The van der Waals surface area contributed by atoms with Crippen molar-refractivity contribution in [3.63, 3.8) is 0 Å². The fraction of sp³-hybridized carbons (Fsp3) is 0. The lowest BCUT2D eigenvalue weighted by Crippen LogP contribution is -2.01. The highest BCUT2D eigenvalue weighted by molar-refractivity contribution is 6.19. The van der Waals surface area contributed by atoms with Crippen LogP contribution in [0.15, 0.2) is 167 Å². The van der Waals surface area contributed by atoms with Gasteiger partial charge in [-0.15, -0.1) is 0 Å². The molecule has 0 radical (unpaired) electrons. The van der Waals surface area contributed by atoms with Crippen LogP contribution in [0.1, 0.15) is 0 Å². The average molecular weight is 655 g/mol. The second-order valence-corrected chi connectivity index (χ2v) is 12.8. The third-order valence-electron chi connectivity index (χ3n) is 9.86. The Hall–Kier alpha value is -7.05. The number of nitrogens with zero attached hydrogens (tertiary/aromatic N) is 4. The Bertz CT molecular complexity index is 3080. The summed E-state index contributed by atoms with van der Waals surface area (Å²) in [6.07, 6.45) is 0. The molecule has 0 aliphatic heterocycles. The molecule has 51 heavy (non-hydrogen) atoms. The van der Waals surface area contributed by atoms with Gasteiger partial charge < -0.3 is 13.4 Å². The van der Waals surface area contributed by atoms with Crippen LogP contribution < -0.4 is 0 Å². The van der Waals surface area contributed by atoms with Crippen LogP contribution in [0.25, 0.3) is 106 Å². The third kappa shape index (κ3) is 4.20. The number of rotatable bonds is 4. The zero-order chi connectivity index (χ0) is 33.5. The lowest BCUT2D eigenvalue weighted by molar-refractivity contribution is 0.669. The first-order chi connectivity index (χ1) is 25.3. The summed E-state index contributed by atoms with van der Waals surface area (Å²) in [5.74, 6) is 1.75. The zero-order valence-electron chi connectivity index (χ0n) is 27.1. The van der Waals surface area contributed by atoms with E-state index < -0.39 is 0 Å². The maximum absolute atomic E-state index is 6.78. The van der Waals surface area contributed by atoms with Crippen molar-refractivity contribution in [2.24, 2.45) is 0 Å². The van der Waals surface area contributed by atoms with Crippen LogP contribution >= 0.6 is 0 Å². The van der Waals surface area contributed by atoms with E-state index in [1.54, 1.807) is 0 Å². The van der Waals surface area contributed by atoms with Gasteiger partial charge in [0.1, 0.15) is 22.3 Å². The normalized spacial score (nSPS) is 11.9. The van der Waals surface area contributed by atoms with Crippen LogP contribution in [0.4, 0.5) is 0 Å². The van der Waals surface area contributed by atoms with Crippen molar-refractivity contribution in [1.82, 2.24) is 19.5 Å². The number of fused-ring (bicyclic) bond motifs is 9. The quantitative estimate of drug-likeness (QED) is 0.189. The molecule has 0 aliphatic rings. The van der Waals surface area contributed by atoms with Crippen molar-refractivity contribution >= 4 is 65.7 Å². The van der Waals surface area contributed by atoms with E-state index in [2.05, 4.69) is 77.4 Å². The largest absolute Gasteiger partial charge is 0.456 e. The van der Waals surface area contributed by atoms with E-state index in [0.29, 0.717) is 17.5 Å². The van der Waals surface area contributed by atoms with E-state index in [-0.39, 0.29) is 0 Å². The molecule has 0 spiro atoms. The fourth-order valence-corrected chi connectivity index (χ4v) is 7.55. The molecule has 7 aromatic carbocycles. The first kappa shape index (κ1) is 27.9. The summed E-state index contributed by atoms with van der Waals surface area (Å²) in [6.45, 7) is 0. The summed E-state index contributed by atoms with van der Waals surface area (Å²) in [5.41, 5.74) is 9.10. The maximum atomic E-state index is 6.78. The Balaban J connectivity index is 1.23. The molecule has 6 heteroatoms. The van der Waals surface area contributed by atoms with E-state index in [1.807, 2.05) is 84.9 Å². The van der Waals surface area contributed by atoms with Gasteiger partial charge in [-0.25, -0.2) is 15.0 Å². The number of hydrogen-bond donors (Lipinski definition) is 0. The second-order valence-electron chi connectivity index (χ2n) is 12.8. The molecule has 0 unspecified atom stereocenters. The molecule has 0 bridgehead atoms. The van der Waals surface area contributed by atoms with Gasteiger partial charge in [0.15, 0.2) is 17.5 Å². The van der Waals surface area contributed by atoms with Crippen LogP contribution in [0, 0.1) is 0 Å².